The second kappa shape index (κ2) is 13.8. The van der Waals surface area contributed by atoms with Gasteiger partial charge in [-0.05, 0) is 38.8 Å². The lowest BCUT2D eigenvalue weighted by atomic mass is 10.3. The summed E-state index contributed by atoms with van der Waals surface area (Å²) in [5.74, 6) is 0.211. The normalized spacial score (nSPS) is 11.9. The van der Waals surface area contributed by atoms with Gasteiger partial charge in [0.15, 0.2) is 0 Å². The highest BCUT2D eigenvalue weighted by atomic mass is 32.2. The maximum Gasteiger partial charge on any atom is 0.211 e. The summed E-state index contributed by atoms with van der Waals surface area (Å²) in [5, 5.41) is 3.18. The summed E-state index contributed by atoms with van der Waals surface area (Å²) >= 11 is 0. The smallest absolute Gasteiger partial charge is 0.211 e. The van der Waals surface area contributed by atoms with E-state index in [9.17, 15) is 8.42 Å². The molecule has 0 aliphatic carbocycles. The second-order valence-electron chi connectivity index (χ2n) is 4.59. The summed E-state index contributed by atoms with van der Waals surface area (Å²) in [5.41, 5.74) is 0. The first-order valence-electron chi connectivity index (χ1n) is 7.37. The van der Waals surface area contributed by atoms with E-state index in [1.54, 1.807) is 7.11 Å². The van der Waals surface area contributed by atoms with Crippen molar-refractivity contribution in [1.29, 1.82) is 0 Å². The molecule has 0 radical (unpaired) electrons. The van der Waals surface area contributed by atoms with E-state index in [2.05, 4.69) is 10.0 Å². The third kappa shape index (κ3) is 14.2. The highest BCUT2D eigenvalue weighted by molar-refractivity contribution is 7.89. The van der Waals surface area contributed by atoms with Crippen LogP contribution in [0.5, 0.6) is 0 Å². The molecule has 6 nitrogen and oxygen atoms in total. The predicted octanol–water partition coefficient (Wildman–Crippen LogP) is 0.739. The first kappa shape index (κ1) is 19.8. The first-order chi connectivity index (χ1) is 9.62. The van der Waals surface area contributed by atoms with Gasteiger partial charge in [0.1, 0.15) is 0 Å². The highest BCUT2D eigenvalue weighted by Crippen LogP contribution is 1.95. The van der Waals surface area contributed by atoms with E-state index in [4.69, 9.17) is 9.47 Å². The average molecular weight is 310 g/mol. The lowest BCUT2D eigenvalue weighted by molar-refractivity contribution is 0.0689. The van der Waals surface area contributed by atoms with E-state index in [-0.39, 0.29) is 5.75 Å². The monoisotopic (exact) mass is 310 g/mol. The van der Waals surface area contributed by atoms with Crippen molar-refractivity contribution in [2.45, 2.75) is 32.6 Å². The summed E-state index contributed by atoms with van der Waals surface area (Å²) in [6, 6.07) is 0. The summed E-state index contributed by atoms with van der Waals surface area (Å²) in [6.07, 6.45) is 3.24. The van der Waals surface area contributed by atoms with Crippen molar-refractivity contribution in [2.24, 2.45) is 0 Å². The van der Waals surface area contributed by atoms with Gasteiger partial charge in [0.25, 0.3) is 0 Å². The molecule has 0 unspecified atom stereocenters. The Morgan fingerprint density at radius 2 is 1.70 bits per heavy atom. The molecule has 7 heteroatoms. The van der Waals surface area contributed by atoms with Gasteiger partial charge < -0.3 is 14.8 Å². The van der Waals surface area contributed by atoms with Crippen LogP contribution in [0.25, 0.3) is 0 Å². The number of nitrogens with one attached hydrogen (secondary N) is 2. The van der Waals surface area contributed by atoms with Crippen LogP contribution in [-0.4, -0.2) is 60.7 Å². The summed E-state index contributed by atoms with van der Waals surface area (Å²) in [4.78, 5) is 0. The zero-order chi connectivity index (χ0) is 15.1. The molecule has 0 fully saturated rings. The van der Waals surface area contributed by atoms with Gasteiger partial charge in [-0.3, -0.25) is 0 Å². The second-order valence-corrected chi connectivity index (χ2v) is 6.51. The van der Waals surface area contributed by atoms with Crippen LogP contribution < -0.4 is 10.0 Å². The molecule has 0 saturated carbocycles. The fraction of sp³-hybridized carbons (Fsp3) is 1.00. The Balaban J connectivity index is 3.39. The SMILES string of the molecule is CCNCCCCS(=O)(=O)NCCCCOCCOC. The van der Waals surface area contributed by atoms with E-state index in [0.717, 1.165) is 32.4 Å². The van der Waals surface area contributed by atoms with Crippen molar-refractivity contribution in [3.8, 4) is 0 Å². The van der Waals surface area contributed by atoms with Gasteiger partial charge in [0, 0.05) is 20.3 Å². The van der Waals surface area contributed by atoms with E-state index >= 15 is 0 Å². The quantitative estimate of drug-likeness (QED) is 0.436. The van der Waals surface area contributed by atoms with Crippen LogP contribution in [0.4, 0.5) is 0 Å². The minimum absolute atomic E-state index is 0.211. The number of hydrogen-bond donors (Lipinski definition) is 2. The molecule has 0 aromatic rings. The van der Waals surface area contributed by atoms with E-state index in [1.165, 1.54) is 0 Å². The Labute approximate surface area is 123 Å². The van der Waals surface area contributed by atoms with Gasteiger partial charge in [-0.25, -0.2) is 13.1 Å². The van der Waals surface area contributed by atoms with Crippen LogP contribution >= 0.6 is 0 Å². The number of methoxy groups -OCH3 is 1. The Hall–Kier alpha value is -0.210. The van der Waals surface area contributed by atoms with Crippen LogP contribution in [-0.2, 0) is 19.5 Å². The lowest BCUT2D eigenvalue weighted by Gasteiger charge is -2.07. The molecule has 2 N–H and O–H groups in total. The molecule has 0 atom stereocenters. The van der Waals surface area contributed by atoms with Crippen LogP contribution in [0.15, 0.2) is 0 Å². The molecule has 0 rings (SSSR count). The zero-order valence-corrected chi connectivity index (χ0v) is 13.6. The fourth-order valence-electron chi connectivity index (χ4n) is 1.59. The third-order valence-corrected chi connectivity index (χ3v) is 4.21. The number of ether oxygens (including phenoxy) is 2. The van der Waals surface area contributed by atoms with Crippen LogP contribution in [0.2, 0.25) is 0 Å². The van der Waals surface area contributed by atoms with Gasteiger partial charge in [-0.1, -0.05) is 6.92 Å². The average Bonchev–Trinajstić information content (AvgIpc) is 2.41. The Bertz CT molecular complexity index is 297. The minimum atomic E-state index is -3.11. The molecule has 0 bridgehead atoms. The molecule has 0 aromatic carbocycles. The van der Waals surface area contributed by atoms with Crippen molar-refractivity contribution in [1.82, 2.24) is 10.0 Å². The molecule has 122 valence electrons. The summed E-state index contributed by atoms with van der Waals surface area (Å²) in [6.45, 7) is 6.17. The lowest BCUT2D eigenvalue weighted by Crippen LogP contribution is -2.28. The molecular weight excluding hydrogens is 280 g/mol. The van der Waals surface area contributed by atoms with Crippen molar-refractivity contribution in [3.63, 3.8) is 0 Å². The van der Waals surface area contributed by atoms with Crippen LogP contribution in [0.1, 0.15) is 32.6 Å². The largest absolute Gasteiger partial charge is 0.382 e. The zero-order valence-electron chi connectivity index (χ0n) is 12.8. The molecule has 0 aliphatic rings. The summed E-state index contributed by atoms with van der Waals surface area (Å²) in [7, 11) is -1.47. The fourth-order valence-corrected chi connectivity index (χ4v) is 2.78. The third-order valence-electron chi connectivity index (χ3n) is 2.74. The number of sulfonamides is 1. The van der Waals surface area contributed by atoms with E-state index in [0.29, 0.717) is 32.8 Å². The number of unbranched alkanes of at least 4 members (excludes halogenated alkanes) is 2. The summed E-state index contributed by atoms with van der Waals surface area (Å²) < 4.78 is 36.1. The maximum absolute atomic E-state index is 11.7. The van der Waals surface area contributed by atoms with Crippen LogP contribution in [0.3, 0.4) is 0 Å². The molecule has 0 aromatic heterocycles. The Kier molecular flexibility index (Phi) is 13.6. The maximum atomic E-state index is 11.7. The minimum Gasteiger partial charge on any atom is -0.382 e. The molecule has 0 amide bonds. The van der Waals surface area contributed by atoms with Gasteiger partial charge in [0.05, 0.1) is 19.0 Å². The highest BCUT2D eigenvalue weighted by Gasteiger charge is 2.08. The van der Waals surface area contributed by atoms with Crippen molar-refractivity contribution >= 4 is 10.0 Å². The predicted molar refractivity (Wildman–Crippen MR) is 81.5 cm³/mol. The van der Waals surface area contributed by atoms with Gasteiger partial charge >= 0.3 is 0 Å². The molecule has 0 heterocycles. The van der Waals surface area contributed by atoms with Crippen molar-refractivity contribution in [2.75, 3.05) is 52.3 Å². The van der Waals surface area contributed by atoms with Gasteiger partial charge in [-0.2, -0.15) is 0 Å². The topological polar surface area (TPSA) is 76.7 Å². The Morgan fingerprint density at radius 3 is 2.40 bits per heavy atom. The molecular formula is C13H30N2O4S. The Morgan fingerprint density at radius 1 is 0.950 bits per heavy atom. The van der Waals surface area contributed by atoms with Crippen molar-refractivity contribution in [3.05, 3.63) is 0 Å². The molecule has 0 aliphatic heterocycles. The van der Waals surface area contributed by atoms with Crippen molar-refractivity contribution < 1.29 is 17.9 Å². The molecule has 0 spiro atoms. The van der Waals surface area contributed by atoms with Crippen LogP contribution in [0, 0.1) is 0 Å². The molecule has 20 heavy (non-hydrogen) atoms. The first-order valence-corrected chi connectivity index (χ1v) is 9.02. The van der Waals surface area contributed by atoms with E-state index < -0.39 is 10.0 Å². The number of rotatable bonds is 15. The standard InChI is InChI=1S/C13H30N2O4S/c1-3-14-8-5-7-13-20(16,17)15-9-4-6-10-19-12-11-18-2/h14-15H,3-13H2,1-2H3. The van der Waals surface area contributed by atoms with E-state index in [1.807, 2.05) is 6.92 Å². The molecule has 0 saturated heterocycles. The van der Waals surface area contributed by atoms with Gasteiger partial charge in [-0.15, -0.1) is 0 Å². The number of hydrogen-bond acceptors (Lipinski definition) is 5. The van der Waals surface area contributed by atoms with Gasteiger partial charge in [0.2, 0.25) is 10.0 Å².